The Kier molecular flexibility index (Phi) is 5.73. The van der Waals surface area contributed by atoms with Crippen LogP contribution in [0.25, 0.3) is 0 Å². The number of nitro groups is 1. The third-order valence-electron chi connectivity index (χ3n) is 2.14. The summed E-state index contributed by atoms with van der Waals surface area (Å²) in [7, 11) is 0. The molecule has 1 aromatic rings. The monoisotopic (exact) mass is 315 g/mol. The van der Waals surface area contributed by atoms with Crippen LogP contribution in [0.5, 0.6) is 0 Å². The highest BCUT2D eigenvalue weighted by Crippen LogP contribution is 2.21. The lowest BCUT2D eigenvalue weighted by Crippen LogP contribution is -2.33. The predicted molar refractivity (Wildman–Crippen MR) is 71.2 cm³/mol. The van der Waals surface area contributed by atoms with Crippen molar-refractivity contribution in [3.8, 4) is 0 Å². The van der Waals surface area contributed by atoms with Crippen molar-refractivity contribution < 1.29 is 9.72 Å². The molecule has 0 saturated carbocycles. The zero-order valence-electron chi connectivity index (χ0n) is 9.90. The van der Waals surface area contributed by atoms with Crippen LogP contribution in [-0.4, -0.2) is 23.9 Å². The minimum atomic E-state index is -0.446. The molecule has 0 aliphatic heterocycles. The number of nitro benzene ring substituents is 1. The molecule has 98 valence electrons. The Labute approximate surface area is 113 Å². The lowest BCUT2D eigenvalue weighted by molar-refractivity contribution is -0.385. The first-order chi connectivity index (χ1) is 8.52. The third kappa shape index (κ3) is 4.80. The van der Waals surface area contributed by atoms with Gasteiger partial charge in [-0.15, -0.1) is 0 Å². The number of carbonyl (C=O) groups is 1. The first kappa shape index (κ1) is 14.6. The number of amides is 1. The van der Waals surface area contributed by atoms with E-state index in [4.69, 9.17) is 0 Å². The second-order valence-corrected chi connectivity index (χ2v) is 4.55. The molecular weight excluding hydrogens is 302 g/mol. The largest absolute Gasteiger partial charge is 0.355 e. The van der Waals surface area contributed by atoms with Crippen molar-refractivity contribution in [2.75, 3.05) is 13.1 Å². The standard InChI is InChI=1S/C11H14BrN3O3/c1-2-14-11(16)7-13-6-8-3-9(12)5-10(4-8)15(17)18/h3-5,13H,2,6-7H2,1H3,(H,14,16). The zero-order valence-corrected chi connectivity index (χ0v) is 11.5. The summed E-state index contributed by atoms with van der Waals surface area (Å²) in [4.78, 5) is 21.4. The lowest BCUT2D eigenvalue weighted by Gasteiger charge is -2.05. The summed E-state index contributed by atoms with van der Waals surface area (Å²) in [5, 5.41) is 16.3. The number of non-ortho nitro benzene ring substituents is 1. The Morgan fingerprint density at radius 2 is 2.17 bits per heavy atom. The van der Waals surface area contributed by atoms with Gasteiger partial charge in [0.25, 0.3) is 5.69 Å². The van der Waals surface area contributed by atoms with E-state index in [1.54, 1.807) is 6.07 Å². The second-order valence-electron chi connectivity index (χ2n) is 3.63. The van der Waals surface area contributed by atoms with E-state index in [1.807, 2.05) is 6.92 Å². The summed E-state index contributed by atoms with van der Waals surface area (Å²) >= 11 is 3.22. The van der Waals surface area contributed by atoms with Gasteiger partial charge in [-0.05, 0) is 18.6 Å². The third-order valence-corrected chi connectivity index (χ3v) is 2.60. The number of hydrogen-bond donors (Lipinski definition) is 2. The number of carbonyl (C=O) groups excluding carboxylic acids is 1. The molecule has 0 atom stereocenters. The van der Waals surface area contributed by atoms with E-state index < -0.39 is 4.92 Å². The van der Waals surface area contributed by atoms with Crippen molar-refractivity contribution in [1.29, 1.82) is 0 Å². The molecule has 1 amide bonds. The van der Waals surface area contributed by atoms with E-state index >= 15 is 0 Å². The van der Waals surface area contributed by atoms with Crippen LogP contribution < -0.4 is 10.6 Å². The molecule has 0 aliphatic carbocycles. The number of nitrogens with zero attached hydrogens (tertiary/aromatic N) is 1. The molecule has 0 fully saturated rings. The lowest BCUT2D eigenvalue weighted by atomic mass is 10.2. The van der Waals surface area contributed by atoms with E-state index in [-0.39, 0.29) is 18.1 Å². The van der Waals surface area contributed by atoms with Gasteiger partial charge in [0.05, 0.1) is 11.5 Å². The predicted octanol–water partition coefficient (Wildman–Crippen LogP) is 1.58. The Balaban J connectivity index is 2.57. The van der Waals surface area contributed by atoms with Gasteiger partial charge in [0.15, 0.2) is 0 Å². The van der Waals surface area contributed by atoms with Gasteiger partial charge >= 0.3 is 0 Å². The van der Waals surface area contributed by atoms with Crippen LogP contribution in [0.1, 0.15) is 12.5 Å². The van der Waals surface area contributed by atoms with Crippen molar-refractivity contribution in [3.63, 3.8) is 0 Å². The van der Waals surface area contributed by atoms with E-state index in [9.17, 15) is 14.9 Å². The molecule has 0 unspecified atom stereocenters. The molecule has 18 heavy (non-hydrogen) atoms. The molecule has 2 N–H and O–H groups in total. The summed E-state index contributed by atoms with van der Waals surface area (Å²) in [6, 6.07) is 4.69. The van der Waals surface area contributed by atoms with Crippen LogP contribution in [0.3, 0.4) is 0 Å². The van der Waals surface area contributed by atoms with Crippen molar-refractivity contribution in [2.24, 2.45) is 0 Å². The Morgan fingerprint density at radius 3 is 2.78 bits per heavy atom. The number of halogens is 1. The highest BCUT2D eigenvalue weighted by molar-refractivity contribution is 9.10. The van der Waals surface area contributed by atoms with Crippen molar-refractivity contribution in [1.82, 2.24) is 10.6 Å². The fraction of sp³-hybridized carbons (Fsp3) is 0.364. The Hall–Kier alpha value is -1.47. The smallest absolute Gasteiger partial charge is 0.270 e. The molecule has 0 heterocycles. The molecule has 0 spiro atoms. The number of rotatable bonds is 6. The van der Waals surface area contributed by atoms with Crippen LogP contribution >= 0.6 is 15.9 Å². The SMILES string of the molecule is CCNC(=O)CNCc1cc(Br)cc([N+](=O)[O-])c1. The molecule has 1 aromatic carbocycles. The van der Waals surface area contributed by atoms with Crippen molar-refractivity contribution in [3.05, 3.63) is 38.3 Å². The fourth-order valence-electron chi connectivity index (χ4n) is 1.42. The van der Waals surface area contributed by atoms with Gasteiger partial charge in [0.2, 0.25) is 5.91 Å². The normalized spacial score (nSPS) is 10.1. The number of nitrogens with one attached hydrogen (secondary N) is 2. The van der Waals surface area contributed by atoms with Gasteiger partial charge in [-0.3, -0.25) is 14.9 Å². The van der Waals surface area contributed by atoms with E-state index in [1.165, 1.54) is 12.1 Å². The maximum absolute atomic E-state index is 11.2. The molecular formula is C11H14BrN3O3. The Bertz CT molecular complexity index is 451. The van der Waals surface area contributed by atoms with Crippen LogP contribution in [-0.2, 0) is 11.3 Å². The van der Waals surface area contributed by atoms with Crippen LogP contribution in [0, 0.1) is 10.1 Å². The van der Waals surface area contributed by atoms with Crippen LogP contribution in [0.2, 0.25) is 0 Å². The fourth-order valence-corrected chi connectivity index (χ4v) is 1.95. The Morgan fingerprint density at radius 1 is 1.44 bits per heavy atom. The summed E-state index contributed by atoms with van der Waals surface area (Å²) in [5.74, 6) is -0.0954. The maximum Gasteiger partial charge on any atom is 0.270 e. The zero-order chi connectivity index (χ0) is 13.5. The van der Waals surface area contributed by atoms with Gasteiger partial charge in [-0.2, -0.15) is 0 Å². The minimum absolute atomic E-state index is 0.0270. The number of benzene rings is 1. The molecule has 0 bridgehead atoms. The molecule has 0 aliphatic rings. The maximum atomic E-state index is 11.2. The first-order valence-electron chi connectivity index (χ1n) is 5.44. The van der Waals surface area contributed by atoms with Crippen molar-refractivity contribution >= 4 is 27.5 Å². The molecule has 0 radical (unpaired) electrons. The minimum Gasteiger partial charge on any atom is -0.355 e. The van der Waals surface area contributed by atoms with Crippen LogP contribution in [0.15, 0.2) is 22.7 Å². The average molecular weight is 316 g/mol. The van der Waals surface area contributed by atoms with Gasteiger partial charge < -0.3 is 10.6 Å². The summed E-state index contributed by atoms with van der Waals surface area (Å²) in [6.07, 6.45) is 0. The summed E-state index contributed by atoms with van der Waals surface area (Å²) in [6.45, 7) is 3.02. The topological polar surface area (TPSA) is 84.3 Å². The molecule has 0 saturated heterocycles. The molecule has 0 aromatic heterocycles. The summed E-state index contributed by atoms with van der Waals surface area (Å²) in [5.41, 5.74) is 0.777. The summed E-state index contributed by atoms with van der Waals surface area (Å²) < 4.78 is 0.645. The average Bonchev–Trinajstić information content (AvgIpc) is 2.28. The van der Waals surface area contributed by atoms with E-state index in [0.29, 0.717) is 17.6 Å². The van der Waals surface area contributed by atoms with Crippen LogP contribution in [0.4, 0.5) is 5.69 Å². The number of hydrogen-bond acceptors (Lipinski definition) is 4. The number of likely N-dealkylation sites (N-methyl/N-ethyl adjacent to an activating group) is 1. The first-order valence-corrected chi connectivity index (χ1v) is 6.23. The van der Waals surface area contributed by atoms with E-state index in [0.717, 1.165) is 5.56 Å². The quantitative estimate of drug-likeness (QED) is 0.616. The second kappa shape index (κ2) is 7.07. The molecule has 6 nitrogen and oxygen atoms in total. The highest BCUT2D eigenvalue weighted by Gasteiger charge is 2.08. The van der Waals surface area contributed by atoms with Gasteiger partial charge in [-0.25, -0.2) is 0 Å². The molecule has 7 heteroatoms. The van der Waals surface area contributed by atoms with E-state index in [2.05, 4.69) is 26.6 Å². The highest BCUT2D eigenvalue weighted by atomic mass is 79.9. The van der Waals surface area contributed by atoms with Crippen molar-refractivity contribution in [2.45, 2.75) is 13.5 Å². The van der Waals surface area contributed by atoms with Gasteiger partial charge in [-0.1, -0.05) is 15.9 Å². The molecule has 1 rings (SSSR count). The van der Waals surface area contributed by atoms with Gasteiger partial charge in [0, 0.05) is 29.7 Å². The van der Waals surface area contributed by atoms with Gasteiger partial charge in [0.1, 0.15) is 0 Å².